The maximum Gasteiger partial charge on any atom is 0.134 e. The monoisotopic (exact) mass is 286 g/mol. The van der Waals surface area contributed by atoms with Crippen molar-refractivity contribution in [3.05, 3.63) is 35.9 Å². The second-order valence-electron chi connectivity index (χ2n) is 6.15. The number of nitrogens with zero attached hydrogens (tertiary/aromatic N) is 1. The Morgan fingerprint density at radius 3 is 2.71 bits per heavy atom. The Kier molecular flexibility index (Phi) is 5.78. The van der Waals surface area contributed by atoms with E-state index in [1.54, 1.807) is 0 Å². The molecule has 0 radical (unpaired) electrons. The molecule has 1 aromatic carbocycles. The fourth-order valence-electron chi connectivity index (χ4n) is 3.22. The Balaban J connectivity index is 1.93. The number of nitriles is 1. The van der Waals surface area contributed by atoms with Crippen LogP contribution >= 0.6 is 0 Å². The van der Waals surface area contributed by atoms with Gasteiger partial charge in [-0.25, -0.2) is 0 Å². The molecular formula is C18H26N2O. The van der Waals surface area contributed by atoms with Crippen LogP contribution in [0.5, 0.6) is 0 Å². The van der Waals surface area contributed by atoms with Crippen LogP contribution in [0.15, 0.2) is 30.3 Å². The van der Waals surface area contributed by atoms with Crippen molar-refractivity contribution in [2.45, 2.75) is 50.7 Å². The van der Waals surface area contributed by atoms with E-state index in [2.05, 4.69) is 18.3 Å². The Hall–Kier alpha value is -1.37. The van der Waals surface area contributed by atoms with E-state index in [0.717, 1.165) is 24.3 Å². The van der Waals surface area contributed by atoms with Gasteiger partial charge in [-0.15, -0.1) is 0 Å². The first kappa shape index (κ1) is 16.0. The molecule has 1 aliphatic rings. The van der Waals surface area contributed by atoms with Crippen molar-refractivity contribution in [3.8, 4) is 6.07 Å². The fraction of sp³-hybridized carbons (Fsp3) is 0.611. The lowest BCUT2D eigenvalue weighted by atomic mass is 9.87. The summed E-state index contributed by atoms with van der Waals surface area (Å²) in [6.45, 7) is 2.92. The molecule has 21 heavy (non-hydrogen) atoms. The maximum absolute atomic E-state index is 9.64. The lowest BCUT2D eigenvalue weighted by Gasteiger charge is -2.30. The van der Waals surface area contributed by atoms with Crippen molar-refractivity contribution in [2.75, 3.05) is 13.7 Å². The summed E-state index contributed by atoms with van der Waals surface area (Å²) < 4.78 is 6.04. The van der Waals surface area contributed by atoms with Crippen molar-refractivity contribution in [2.24, 2.45) is 5.92 Å². The molecule has 0 bridgehead atoms. The summed E-state index contributed by atoms with van der Waals surface area (Å²) in [4.78, 5) is 0. The highest BCUT2D eigenvalue weighted by Crippen LogP contribution is 2.28. The highest BCUT2D eigenvalue weighted by atomic mass is 16.5. The molecule has 3 atom stereocenters. The van der Waals surface area contributed by atoms with E-state index in [0.29, 0.717) is 19.1 Å². The molecule has 0 aromatic heterocycles. The van der Waals surface area contributed by atoms with Crippen molar-refractivity contribution in [1.82, 2.24) is 5.32 Å². The van der Waals surface area contributed by atoms with Crippen LogP contribution in [0.3, 0.4) is 0 Å². The van der Waals surface area contributed by atoms with Crippen molar-refractivity contribution >= 4 is 0 Å². The Bertz CT molecular complexity index is 468. The number of hydrogen-bond acceptors (Lipinski definition) is 3. The first-order valence-electron chi connectivity index (χ1n) is 7.97. The molecule has 3 unspecified atom stereocenters. The molecule has 114 valence electrons. The van der Waals surface area contributed by atoms with Gasteiger partial charge in [0.05, 0.1) is 18.8 Å². The van der Waals surface area contributed by atoms with E-state index in [9.17, 15) is 5.26 Å². The summed E-state index contributed by atoms with van der Waals surface area (Å²) in [5.74, 6) is 0.767. The van der Waals surface area contributed by atoms with Crippen LogP contribution in [-0.4, -0.2) is 19.8 Å². The van der Waals surface area contributed by atoms with Gasteiger partial charge in [0.15, 0.2) is 0 Å². The normalized spacial score (nSPS) is 25.0. The molecule has 0 heterocycles. The third kappa shape index (κ3) is 4.06. The Labute approximate surface area is 128 Å². The standard InChI is InChI=1S/C18H26N2O/c1-15-7-6-10-17(13-15)21-12-11-18(14-19,20-2)16-8-4-3-5-9-16/h3-5,8-9,15,17,20H,6-7,10-13H2,1-2H3. The van der Waals surface area contributed by atoms with E-state index in [1.165, 1.54) is 12.8 Å². The van der Waals surface area contributed by atoms with E-state index >= 15 is 0 Å². The number of rotatable bonds is 6. The summed E-state index contributed by atoms with van der Waals surface area (Å²) in [7, 11) is 1.85. The van der Waals surface area contributed by atoms with Crippen LogP contribution in [0.25, 0.3) is 0 Å². The minimum Gasteiger partial charge on any atom is -0.378 e. The van der Waals surface area contributed by atoms with Crippen LogP contribution in [0.4, 0.5) is 0 Å². The van der Waals surface area contributed by atoms with Gasteiger partial charge in [-0.2, -0.15) is 5.26 Å². The largest absolute Gasteiger partial charge is 0.378 e. The second-order valence-corrected chi connectivity index (χ2v) is 6.15. The van der Waals surface area contributed by atoms with E-state index in [1.807, 2.05) is 37.4 Å². The van der Waals surface area contributed by atoms with E-state index < -0.39 is 5.54 Å². The van der Waals surface area contributed by atoms with Gasteiger partial charge in [-0.1, -0.05) is 50.1 Å². The molecule has 1 aliphatic carbocycles. The maximum atomic E-state index is 9.64. The molecule has 0 amide bonds. The molecule has 1 fully saturated rings. The zero-order valence-corrected chi connectivity index (χ0v) is 13.1. The molecule has 1 saturated carbocycles. The molecule has 0 spiro atoms. The Morgan fingerprint density at radius 2 is 2.10 bits per heavy atom. The SMILES string of the molecule is CNC(C#N)(CCOC1CCCC(C)C1)c1ccccc1. The molecule has 0 saturated heterocycles. The zero-order chi connectivity index (χ0) is 15.1. The van der Waals surface area contributed by atoms with Gasteiger partial charge in [0.25, 0.3) is 0 Å². The Morgan fingerprint density at radius 1 is 1.33 bits per heavy atom. The summed E-state index contributed by atoms with van der Waals surface area (Å²) >= 11 is 0. The van der Waals surface area contributed by atoms with Crippen molar-refractivity contribution in [3.63, 3.8) is 0 Å². The molecule has 3 heteroatoms. The number of ether oxygens (including phenoxy) is 1. The molecule has 0 aliphatic heterocycles. The van der Waals surface area contributed by atoms with E-state index in [-0.39, 0.29) is 0 Å². The van der Waals surface area contributed by atoms with Gasteiger partial charge in [0.2, 0.25) is 0 Å². The number of benzene rings is 1. The van der Waals surface area contributed by atoms with E-state index in [4.69, 9.17) is 4.74 Å². The molecule has 3 nitrogen and oxygen atoms in total. The topological polar surface area (TPSA) is 45.0 Å². The van der Waals surface area contributed by atoms with Gasteiger partial charge in [0.1, 0.15) is 5.54 Å². The van der Waals surface area contributed by atoms with Gasteiger partial charge in [-0.3, -0.25) is 5.32 Å². The van der Waals surface area contributed by atoms with Crippen LogP contribution in [0, 0.1) is 17.2 Å². The highest BCUT2D eigenvalue weighted by molar-refractivity contribution is 5.31. The average Bonchev–Trinajstić information content (AvgIpc) is 2.53. The zero-order valence-electron chi connectivity index (χ0n) is 13.1. The predicted molar refractivity (Wildman–Crippen MR) is 84.8 cm³/mol. The summed E-state index contributed by atoms with van der Waals surface area (Å²) in [6.07, 6.45) is 5.95. The predicted octanol–water partition coefficient (Wildman–Crippen LogP) is 3.61. The first-order valence-corrected chi connectivity index (χ1v) is 7.97. The molecule has 2 rings (SSSR count). The van der Waals surface area contributed by atoms with Crippen LogP contribution < -0.4 is 5.32 Å². The van der Waals surface area contributed by atoms with Crippen LogP contribution in [-0.2, 0) is 10.3 Å². The number of hydrogen-bond donors (Lipinski definition) is 1. The third-order valence-corrected chi connectivity index (χ3v) is 4.60. The van der Waals surface area contributed by atoms with Gasteiger partial charge >= 0.3 is 0 Å². The van der Waals surface area contributed by atoms with Crippen LogP contribution in [0.1, 0.15) is 44.6 Å². The van der Waals surface area contributed by atoms with Crippen molar-refractivity contribution < 1.29 is 4.74 Å². The first-order chi connectivity index (χ1) is 10.2. The average molecular weight is 286 g/mol. The summed E-state index contributed by atoms with van der Waals surface area (Å²) in [5.41, 5.74) is 0.359. The number of nitrogens with one attached hydrogen (secondary N) is 1. The van der Waals surface area contributed by atoms with Gasteiger partial charge in [-0.05, 0) is 31.4 Å². The highest BCUT2D eigenvalue weighted by Gasteiger charge is 2.30. The summed E-state index contributed by atoms with van der Waals surface area (Å²) in [5, 5.41) is 12.8. The van der Waals surface area contributed by atoms with Crippen molar-refractivity contribution in [1.29, 1.82) is 5.26 Å². The summed E-state index contributed by atoms with van der Waals surface area (Å²) in [6, 6.07) is 12.4. The minimum atomic E-state index is -0.651. The fourth-order valence-corrected chi connectivity index (χ4v) is 3.22. The molecule has 1 aromatic rings. The van der Waals surface area contributed by atoms with Gasteiger partial charge < -0.3 is 4.74 Å². The molecular weight excluding hydrogens is 260 g/mol. The lowest BCUT2D eigenvalue weighted by molar-refractivity contribution is 0.00810. The smallest absolute Gasteiger partial charge is 0.134 e. The molecule has 1 N–H and O–H groups in total. The third-order valence-electron chi connectivity index (χ3n) is 4.60. The lowest BCUT2D eigenvalue weighted by Crippen LogP contribution is -2.40. The second kappa shape index (κ2) is 7.59. The van der Waals surface area contributed by atoms with Gasteiger partial charge in [0, 0.05) is 6.42 Å². The quantitative estimate of drug-likeness (QED) is 0.869. The van der Waals surface area contributed by atoms with Crippen LogP contribution in [0.2, 0.25) is 0 Å². The minimum absolute atomic E-state index is 0.373.